The molecule has 0 atom stereocenters. The average molecular weight is 355 g/mol. The first-order valence-corrected chi connectivity index (χ1v) is 8.83. The van der Waals surface area contributed by atoms with Gasteiger partial charge < -0.3 is 10.2 Å². The van der Waals surface area contributed by atoms with Gasteiger partial charge in [0.1, 0.15) is 16.9 Å². The second-order valence-corrected chi connectivity index (χ2v) is 7.00. The molecule has 3 heterocycles. The van der Waals surface area contributed by atoms with Crippen LogP contribution in [0, 0.1) is 6.92 Å². The molecule has 7 nitrogen and oxygen atoms in total. The van der Waals surface area contributed by atoms with E-state index in [0.717, 1.165) is 23.1 Å². The highest BCUT2D eigenvalue weighted by atomic mass is 32.1. The summed E-state index contributed by atoms with van der Waals surface area (Å²) in [5, 5.41) is 24.8. The van der Waals surface area contributed by atoms with Gasteiger partial charge in [-0.3, -0.25) is 10.4 Å². The maximum atomic E-state index is 10.2. The van der Waals surface area contributed by atoms with Crippen molar-refractivity contribution < 1.29 is 10.2 Å². The molecule has 0 aliphatic heterocycles. The van der Waals surface area contributed by atoms with Gasteiger partial charge in [-0.25, -0.2) is 9.97 Å². The first-order valence-electron chi connectivity index (χ1n) is 8.01. The van der Waals surface area contributed by atoms with Crippen LogP contribution >= 0.6 is 11.3 Å². The van der Waals surface area contributed by atoms with Crippen molar-refractivity contribution in [1.29, 1.82) is 0 Å². The molecule has 8 heteroatoms. The molecule has 3 N–H and O–H groups in total. The van der Waals surface area contributed by atoms with Gasteiger partial charge in [0, 0.05) is 22.2 Å². The molecule has 0 spiro atoms. The number of fused-ring (bicyclic) bond motifs is 3. The molecule has 0 saturated heterocycles. The number of aryl methyl sites for hydroxylation is 3. The molecule has 0 unspecified atom stereocenters. The van der Waals surface area contributed by atoms with Crippen LogP contribution < -0.4 is 5.43 Å². The van der Waals surface area contributed by atoms with Gasteiger partial charge in [0.2, 0.25) is 0 Å². The summed E-state index contributed by atoms with van der Waals surface area (Å²) in [6, 6.07) is 0. The molecular weight excluding hydrogens is 338 g/mol. The Morgan fingerprint density at radius 2 is 2.20 bits per heavy atom. The Kier molecular flexibility index (Phi) is 4.06. The third-order valence-electron chi connectivity index (χ3n) is 4.39. The minimum absolute atomic E-state index is 0.0151. The summed E-state index contributed by atoms with van der Waals surface area (Å²) in [6.07, 6.45) is 7.85. The normalized spacial score (nSPS) is 13.7. The number of hydrazone groups is 1. The lowest BCUT2D eigenvalue weighted by Gasteiger charge is -2.07. The number of anilines is 1. The molecule has 25 heavy (non-hydrogen) atoms. The van der Waals surface area contributed by atoms with Gasteiger partial charge in [0.15, 0.2) is 5.82 Å². The number of rotatable bonds is 4. The summed E-state index contributed by atoms with van der Waals surface area (Å²) in [5.41, 5.74) is 5.72. The van der Waals surface area contributed by atoms with Crippen molar-refractivity contribution in [3.63, 3.8) is 0 Å². The zero-order valence-electron chi connectivity index (χ0n) is 13.7. The number of aliphatic hydroxyl groups excluding tert-OH is 1. The van der Waals surface area contributed by atoms with Crippen LogP contribution in [0.25, 0.3) is 10.2 Å². The van der Waals surface area contributed by atoms with Crippen molar-refractivity contribution >= 4 is 33.6 Å². The van der Waals surface area contributed by atoms with Gasteiger partial charge in [-0.05, 0) is 31.7 Å². The maximum absolute atomic E-state index is 10.2. The number of thiophene rings is 1. The van der Waals surface area contributed by atoms with Crippen molar-refractivity contribution in [2.45, 2.75) is 32.8 Å². The van der Waals surface area contributed by atoms with Crippen LogP contribution in [0.15, 0.2) is 17.6 Å². The zero-order chi connectivity index (χ0) is 17.4. The van der Waals surface area contributed by atoms with Crippen LogP contribution in [0.3, 0.4) is 0 Å². The molecule has 128 valence electrons. The fraction of sp³-hybridized carbons (Fsp3) is 0.294. The lowest BCUT2D eigenvalue weighted by atomic mass is 10.1. The van der Waals surface area contributed by atoms with E-state index in [1.165, 1.54) is 35.6 Å². The highest BCUT2D eigenvalue weighted by Gasteiger charge is 2.21. The molecule has 1 aliphatic rings. The largest absolute Gasteiger partial charge is 0.505 e. The van der Waals surface area contributed by atoms with Gasteiger partial charge in [-0.2, -0.15) is 5.10 Å². The van der Waals surface area contributed by atoms with Gasteiger partial charge in [-0.1, -0.05) is 0 Å². The molecule has 0 saturated carbocycles. The van der Waals surface area contributed by atoms with Gasteiger partial charge in [-0.15, -0.1) is 11.3 Å². The molecule has 0 amide bonds. The van der Waals surface area contributed by atoms with Gasteiger partial charge in [0.05, 0.1) is 23.9 Å². The Hall–Kier alpha value is -2.58. The van der Waals surface area contributed by atoms with Crippen LogP contribution in [0.5, 0.6) is 5.75 Å². The van der Waals surface area contributed by atoms with Crippen molar-refractivity contribution in [2.24, 2.45) is 5.10 Å². The quantitative estimate of drug-likeness (QED) is 0.491. The van der Waals surface area contributed by atoms with Gasteiger partial charge >= 0.3 is 0 Å². The summed E-state index contributed by atoms with van der Waals surface area (Å²) in [6.45, 7) is 1.47. The predicted octanol–water partition coefficient (Wildman–Crippen LogP) is 2.53. The lowest BCUT2D eigenvalue weighted by Crippen LogP contribution is -2.00. The van der Waals surface area contributed by atoms with Crippen molar-refractivity contribution in [1.82, 2.24) is 15.0 Å². The van der Waals surface area contributed by atoms with E-state index in [2.05, 4.69) is 25.5 Å². The molecule has 0 fully saturated rings. The number of pyridine rings is 1. The fourth-order valence-electron chi connectivity index (χ4n) is 3.09. The van der Waals surface area contributed by atoms with Crippen LogP contribution in [0.1, 0.15) is 33.7 Å². The number of nitrogens with zero attached hydrogens (tertiary/aromatic N) is 4. The van der Waals surface area contributed by atoms with E-state index in [9.17, 15) is 10.2 Å². The Morgan fingerprint density at radius 1 is 1.32 bits per heavy atom. The molecular formula is C17H17N5O2S. The van der Waals surface area contributed by atoms with Crippen LogP contribution in [-0.2, 0) is 19.4 Å². The Bertz CT molecular complexity index is 983. The van der Waals surface area contributed by atoms with E-state index in [4.69, 9.17) is 0 Å². The highest BCUT2D eigenvalue weighted by Crippen LogP contribution is 2.39. The average Bonchev–Trinajstić information content (AvgIpc) is 3.19. The second-order valence-electron chi connectivity index (χ2n) is 5.92. The topological polar surface area (TPSA) is 104 Å². The fourth-order valence-corrected chi connectivity index (χ4v) is 4.32. The van der Waals surface area contributed by atoms with Crippen molar-refractivity contribution in [3.05, 3.63) is 39.8 Å². The molecule has 3 aromatic heterocycles. The van der Waals surface area contributed by atoms with E-state index in [-0.39, 0.29) is 12.4 Å². The number of nitrogens with one attached hydrogen (secondary N) is 1. The van der Waals surface area contributed by atoms with Crippen LogP contribution in [0.2, 0.25) is 0 Å². The predicted molar refractivity (Wildman–Crippen MR) is 97.2 cm³/mol. The zero-order valence-corrected chi connectivity index (χ0v) is 14.5. The van der Waals surface area contributed by atoms with E-state index in [1.807, 2.05) is 0 Å². The molecule has 0 aromatic carbocycles. The van der Waals surface area contributed by atoms with Crippen molar-refractivity contribution in [3.8, 4) is 5.75 Å². The van der Waals surface area contributed by atoms with Gasteiger partial charge in [0.25, 0.3) is 0 Å². The monoisotopic (exact) mass is 355 g/mol. The van der Waals surface area contributed by atoms with E-state index in [1.54, 1.807) is 18.3 Å². The Morgan fingerprint density at radius 3 is 3.04 bits per heavy atom. The number of aromatic hydroxyl groups is 1. The van der Waals surface area contributed by atoms with E-state index in [0.29, 0.717) is 22.6 Å². The number of hydrogen-bond donors (Lipinski definition) is 3. The summed E-state index contributed by atoms with van der Waals surface area (Å²) in [5.74, 6) is 0.679. The van der Waals surface area contributed by atoms with E-state index < -0.39 is 0 Å². The third kappa shape index (κ3) is 2.73. The summed E-state index contributed by atoms with van der Waals surface area (Å²) >= 11 is 1.72. The van der Waals surface area contributed by atoms with Crippen molar-refractivity contribution in [2.75, 3.05) is 5.43 Å². The third-order valence-corrected chi connectivity index (χ3v) is 5.59. The maximum Gasteiger partial charge on any atom is 0.158 e. The molecule has 0 radical (unpaired) electrons. The lowest BCUT2D eigenvalue weighted by molar-refractivity contribution is 0.280. The minimum atomic E-state index is -0.224. The summed E-state index contributed by atoms with van der Waals surface area (Å²) < 4.78 is 0. The number of aliphatic hydroxyl groups is 1. The summed E-state index contributed by atoms with van der Waals surface area (Å²) in [4.78, 5) is 15.1. The first-order chi connectivity index (χ1) is 12.2. The smallest absolute Gasteiger partial charge is 0.158 e. The van der Waals surface area contributed by atoms with Crippen LogP contribution in [0.4, 0.5) is 5.82 Å². The second kappa shape index (κ2) is 6.38. The summed E-state index contributed by atoms with van der Waals surface area (Å²) in [7, 11) is 0. The minimum Gasteiger partial charge on any atom is -0.505 e. The number of hydrogen-bond acceptors (Lipinski definition) is 8. The molecule has 3 aromatic rings. The SMILES string of the molecule is Cc1ncc(CO)c(/C=N/Nc2ncnc3sc4c(c23)CCC4)c1O. The first kappa shape index (κ1) is 15.9. The Balaban J connectivity index is 1.68. The number of aromatic nitrogens is 3. The van der Waals surface area contributed by atoms with E-state index >= 15 is 0 Å². The molecule has 1 aliphatic carbocycles. The van der Waals surface area contributed by atoms with Crippen LogP contribution in [-0.4, -0.2) is 31.4 Å². The Labute approximate surface area is 148 Å². The molecule has 4 rings (SSSR count). The molecule has 0 bridgehead atoms. The standard InChI is InChI=1S/C17H17N5O2S/c1-9-15(24)12(10(7-23)5-18-9)6-21-22-16-14-11-3-2-4-13(11)25-17(14)20-8-19-16/h5-6,8,23-24H,2-4,7H2,1H3,(H,19,20,22)/b21-6+. The highest BCUT2D eigenvalue weighted by molar-refractivity contribution is 7.19.